The van der Waals surface area contributed by atoms with E-state index in [1.54, 1.807) is 56.3 Å². The molecule has 462 valence electrons. The first-order valence-electron chi connectivity index (χ1n) is 27.3. The van der Waals surface area contributed by atoms with Gasteiger partial charge in [-0.25, -0.2) is 8.78 Å². The summed E-state index contributed by atoms with van der Waals surface area (Å²) >= 11 is 0. The van der Waals surface area contributed by atoms with Crippen molar-refractivity contribution >= 4 is 11.9 Å². The van der Waals surface area contributed by atoms with Crippen molar-refractivity contribution in [1.29, 1.82) is 0 Å². The maximum atomic E-state index is 14.7. The normalized spacial score (nSPS) is 12.9. The molecule has 0 atom stereocenters. The van der Waals surface area contributed by atoms with Crippen molar-refractivity contribution in [3.63, 3.8) is 0 Å². The topological polar surface area (TPSA) is 104 Å². The highest BCUT2D eigenvalue weighted by Crippen LogP contribution is 2.49. The van der Waals surface area contributed by atoms with Gasteiger partial charge >= 0.3 is 36.6 Å². The highest BCUT2D eigenvalue weighted by molar-refractivity contribution is 5.75. The molecule has 6 aromatic rings. The molecule has 0 aliphatic rings. The van der Waals surface area contributed by atoms with Gasteiger partial charge in [0.2, 0.25) is 0 Å². The van der Waals surface area contributed by atoms with Gasteiger partial charge in [-0.2, -0.15) is 52.7 Å². The Morgan fingerprint density at radius 3 is 0.976 bits per heavy atom. The van der Waals surface area contributed by atoms with Gasteiger partial charge in [0.25, 0.3) is 11.2 Å². The monoisotopic (exact) mass is 1210 g/mol. The molecule has 20 heteroatoms. The summed E-state index contributed by atoms with van der Waals surface area (Å²) in [6.07, 6.45) is -25.8. The van der Waals surface area contributed by atoms with E-state index in [9.17, 15) is 81.3 Å². The molecule has 0 unspecified atom stereocenters. The second-order valence-electron chi connectivity index (χ2n) is 21.6. The molecule has 0 fully saturated rings. The summed E-state index contributed by atoms with van der Waals surface area (Å²) in [6, 6.07) is 30.6. The average Bonchev–Trinajstić information content (AvgIpc) is 1.70. The summed E-state index contributed by atoms with van der Waals surface area (Å²) < 4.78 is 192. The van der Waals surface area contributed by atoms with Gasteiger partial charge in [-0.05, 0) is 180 Å². The molecule has 6 nitrogen and oxygen atoms in total. The van der Waals surface area contributed by atoms with E-state index < -0.39 is 102 Å². The van der Waals surface area contributed by atoms with Crippen molar-refractivity contribution in [2.45, 2.75) is 166 Å². The number of carboxylic acids is 1. The van der Waals surface area contributed by atoms with Gasteiger partial charge in [0.05, 0.1) is 20.0 Å². The number of benzene rings is 6. The predicted molar refractivity (Wildman–Crippen MR) is 296 cm³/mol. The van der Waals surface area contributed by atoms with Gasteiger partial charge in [-0.1, -0.05) is 125 Å². The van der Waals surface area contributed by atoms with Crippen LogP contribution in [-0.2, 0) is 50.8 Å². The molecular formula is C65H68F14O6. The summed E-state index contributed by atoms with van der Waals surface area (Å²) in [5.41, 5.74) is -0.694. The number of hydrogen-bond donors (Lipinski definition) is 3. The van der Waals surface area contributed by atoms with E-state index in [1.807, 2.05) is 77.9 Å². The smallest absolute Gasteiger partial charge is 0.426 e. The van der Waals surface area contributed by atoms with Crippen LogP contribution in [0.5, 0.6) is 0 Å². The highest BCUT2D eigenvalue weighted by Gasteiger charge is 2.70. The molecule has 0 aromatic heterocycles. The summed E-state index contributed by atoms with van der Waals surface area (Å²) in [6.45, 7) is 15.0. The van der Waals surface area contributed by atoms with Crippen LogP contribution in [0.4, 0.5) is 61.5 Å². The molecule has 0 aliphatic carbocycles. The van der Waals surface area contributed by atoms with Crippen LogP contribution in [0.25, 0.3) is 22.3 Å². The van der Waals surface area contributed by atoms with Crippen molar-refractivity contribution < 1.29 is 91.1 Å². The average molecular weight is 1210 g/mol. The minimum absolute atomic E-state index is 0.0804. The van der Waals surface area contributed by atoms with Crippen molar-refractivity contribution in [2.75, 3.05) is 7.11 Å². The fourth-order valence-corrected chi connectivity index (χ4v) is 11.2. The number of methoxy groups -OCH3 is 1. The molecule has 0 spiro atoms. The van der Waals surface area contributed by atoms with E-state index in [0.717, 1.165) is 44.5 Å². The molecule has 6 aromatic carbocycles. The predicted octanol–water partition coefficient (Wildman–Crippen LogP) is 17.4. The summed E-state index contributed by atoms with van der Waals surface area (Å²) in [5.74, 6) is -2.82. The SMILES string of the molecule is CCC(CC)(c1ccc(CCC(O)(C(F)(F)F)C(F)(F)F)c(C)c1)c1ccc(-c2ccc(CC(=O)O)c(F)c2)c(C)c1.CCC(CC)(c1ccc(CCC(O)(C(F)(F)F)C(F)(F)F)c(C)c1)c1ccc(-c2ccc(CC(=O)OC)c(F)c2)c(C)c1. The second-order valence-corrected chi connectivity index (χ2v) is 21.6. The third-order valence-electron chi connectivity index (χ3n) is 16.8. The number of aryl methyl sites for hydroxylation is 6. The first kappa shape index (κ1) is 69.0. The fraction of sp³-hybridized carbons (Fsp3) is 0.415. The number of alkyl halides is 12. The lowest BCUT2D eigenvalue weighted by molar-refractivity contribution is -0.370. The van der Waals surface area contributed by atoms with Crippen LogP contribution < -0.4 is 0 Å². The minimum atomic E-state index is -5.87. The summed E-state index contributed by atoms with van der Waals surface area (Å²) in [5, 5.41) is 28.1. The van der Waals surface area contributed by atoms with Crippen molar-refractivity contribution in [3.8, 4) is 22.3 Å². The minimum Gasteiger partial charge on any atom is -0.481 e. The summed E-state index contributed by atoms with van der Waals surface area (Å²) in [7, 11) is 1.23. The Balaban J connectivity index is 0.000000311. The molecule has 0 radical (unpaired) electrons. The number of aliphatic hydroxyl groups is 2. The number of esters is 1. The number of aliphatic carboxylic acids is 1. The van der Waals surface area contributed by atoms with Crippen LogP contribution in [0.2, 0.25) is 0 Å². The number of carboxylic acid groups (broad SMARTS) is 1. The molecule has 3 N–H and O–H groups in total. The number of halogens is 14. The zero-order chi connectivity index (χ0) is 64.1. The van der Waals surface area contributed by atoms with Gasteiger partial charge in [-0.3, -0.25) is 9.59 Å². The van der Waals surface area contributed by atoms with Gasteiger partial charge in [0.15, 0.2) is 0 Å². The van der Waals surface area contributed by atoms with E-state index in [0.29, 0.717) is 47.9 Å². The molecule has 0 bridgehead atoms. The lowest BCUT2D eigenvalue weighted by atomic mass is 9.69. The Kier molecular flexibility index (Phi) is 21.5. The lowest BCUT2D eigenvalue weighted by Gasteiger charge is -2.35. The Bertz CT molecular complexity index is 3300. The largest absolute Gasteiger partial charge is 0.481 e. The zero-order valence-corrected chi connectivity index (χ0v) is 48.3. The van der Waals surface area contributed by atoms with E-state index in [4.69, 9.17) is 5.11 Å². The maximum absolute atomic E-state index is 14.7. The van der Waals surface area contributed by atoms with E-state index in [-0.39, 0.29) is 28.7 Å². The standard InChI is InChI=1S/C33H35F7O3.C32H33F7O3/c1-6-30(7-2,25-11-10-22(20(3)16-25)14-15-31(42,32(35,36)37)33(38,39)40)26-12-13-27(21(4)17-26)23-8-9-24(28(34)18-23)19-29(41)43-5;1-5-29(6-2,24-10-9-21(19(3)15-24)13-14-30(42,31(34,35)36)32(37,38)39)25-11-12-26(20(4)16-25)22-7-8-23(18-28(40)41)27(33)17-22/h8-13,16-18,42H,6-7,14-15,19H2,1-5H3;7-12,15-17,42H,5-6,13-14,18H2,1-4H3,(H,40,41). The number of carbonyl (C=O) groups excluding carboxylic acids is 1. The molecule has 0 aliphatic heterocycles. The van der Waals surface area contributed by atoms with Crippen LogP contribution in [0, 0.1) is 39.3 Å². The first-order chi connectivity index (χ1) is 39.3. The molecule has 0 saturated carbocycles. The van der Waals surface area contributed by atoms with Gasteiger partial charge in [0.1, 0.15) is 11.6 Å². The summed E-state index contributed by atoms with van der Waals surface area (Å²) in [4.78, 5) is 22.5. The van der Waals surface area contributed by atoms with Gasteiger partial charge in [-0.15, -0.1) is 0 Å². The maximum Gasteiger partial charge on any atom is 0.426 e. The first-order valence-corrected chi connectivity index (χ1v) is 27.3. The fourth-order valence-electron chi connectivity index (χ4n) is 11.2. The third kappa shape index (κ3) is 14.6. The number of rotatable bonds is 20. The van der Waals surface area contributed by atoms with Crippen LogP contribution >= 0.6 is 0 Å². The van der Waals surface area contributed by atoms with Crippen LogP contribution in [0.15, 0.2) is 109 Å². The van der Waals surface area contributed by atoms with Crippen LogP contribution in [0.3, 0.4) is 0 Å². The highest BCUT2D eigenvalue weighted by atomic mass is 19.4. The van der Waals surface area contributed by atoms with Crippen molar-refractivity contribution in [1.82, 2.24) is 0 Å². The Hall–Kier alpha value is -6.80. The van der Waals surface area contributed by atoms with E-state index >= 15 is 0 Å². The Morgan fingerprint density at radius 2 is 0.718 bits per heavy atom. The van der Waals surface area contributed by atoms with Crippen molar-refractivity contribution in [3.05, 3.63) is 188 Å². The molecule has 0 heterocycles. The quantitative estimate of drug-likeness (QED) is 0.0520. The lowest BCUT2D eigenvalue weighted by Crippen LogP contribution is -2.57. The van der Waals surface area contributed by atoms with Crippen molar-refractivity contribution in [2.24, 2.45) is 0 Å². The van der Waals surface area contributed by atoms with E-state index in [2.05, 4.69) is 4.74 Å². The van der Waals surface area contributed by atoms with Crippen LogP contribution in [0.1, 0.15) is 133 Å². The Morgan fingerprint density at radius 1 is 0.424 bits per heavy atom. The third-order valence-corrected chi connectivity index (χ3v) is 16.8. The molecular weight excluding hydrogens is 1140 g/mol. The number of ether oxygens (including phenoxy) is 1. The molecule has 85 heavy (non-hydrogen) atoms. The molecule has 6 rings (SSSR count). The van der Waals surface area contributed by atoms with Crippen LogP contribution in [-0.4, -0.2) is 70.3 Å². The second kappa shape index (κ2) is 26.4. The van der Waals surface area contributed by atoms with E-state index in [1.165, 1.54) is 37.4 Å². The zero-order valence-electron chi connectivity index (χ0n) is 48.3. The number of carbonyl (C=O) groups is 2. The molecule has 0 amide bonds. The van der Waals surface area contributed by atoms with Gasteiger partial charge < -0.3 is 20.1 Å². The Labute approximate surface area is 484 Å². The number of hydrogen-bond acceptors (Lipinski definition) is 5. The van der Waals surface area contributed by atoms with Gasteiger partial charge in [0, 0.05) is 10.8 Å². The molecule has 0 saturated heterocycles.